The first-order valence-corrected chi connectivity index (χ1v) is 5.03. The van der Waals surface area contributed by atoms with E-state index in [1.54, 1.807) is 0 Å². The minimum absolute atomic E-state index is 0.299. The summed E-state index contributed by atoms with van der Waals surface area (Å²) < 4.78 is 39.5. The predicted octanol–water partition coefficient (Wildman–Crippen LogP) is 1.12. The van der Waals surface area contributed by atoms with Crippen LogP contribution in [0.25, 0.3) is 0 Å². The van der Waals surface area contributed by atoms with Gasteiger partial charge in [0.25, 0.3) is 5.91 Å². The molecule has 0 fully saturated rings. The minimum atomic E-state index is -2.10. The van der Waals surface area contributed by atoms with Crippen molar-refractivity contribution in [1.29, 1.82) is 0 Å². The van der Waals surface area contributed by atoms with Crippen LogP contribution in [0.5, 0.6) is 0 Å². The molecule has 1 aromatic carbocycles. The van der Waals surface area contributed by atoms with Gasteiger partial charge < -0.3 is 10.4 Å². The van der Waals surface area contributed by atoms with Crippen molar-refractivity contribution in [2.24, 2.45) is 0 Å². The highest BCUT2D eigenvalue weighted by molar-refractivity contribution is 5.95. The Labute approximate surface area is 105 Å². The second-order valence-electron chi connectivity index (χ2n) is 3.70. The summed E-state index contributed by atoms with van der Waals surface area (Å²) in [6, 6.07) is -0.480. The van der Waals surface area contributed by atoms with Crippen LogP contribution in [-0.4, -0.2) is 28.6 Å². The summed E-state index contributed by atoms with van der Waals surface area (Å²) in [7, 11) is 0. The van der Waals surface area contributed by atoms with Crippen molar-refractivity contribution in [2.75, 3.05) is 6.61 Å². The maximum atomic E-state index is 13.3. The van der Waals surface area contributed by atoms with Crippen LogP contribution in [0.4, 0.5) is 18.9 Å². The van der Waals surface area contributed by atoms with E-state index in [1.807, 2.05) is 0 Å². The number of hydrogen-bond donors (Lipinski definition) is 2. The first-order valence-electron chi connectivity index (χ1n) is 5.03. The number of aliphatic hydroxyl groups is 1. The average Bonchev–Trinajstić information content (AvgIpc) is 2.35. The van der Waals surface area contributed by atoms with Gasteiger partial charge in [0.2, 0.25) is 11.6 Å². The summed E-state index contributed by atoms with van der Waals surface area (Å²) in [5.74, 6) is -7.10. The fourth-order valence-corrected chi connectivity index (χ4v) is 1.24. The Morgan fingerprint density at radius 2 is 2.00 bits per heavy atom. The monoisotopic (exact) mass is 278 g/mol. The number of nitrogens with one attached hydrogen (secondary N) is 1. The van der Waals surface area contributed by atoms with Crippen LogP contribution in [0.15, 0.2) is 6.07 Å². The van der Waals surface area contributed by atoms with Crippen LogP contribution < -0.4 is 5.32 Å². The lowest BCUT2D eigenvalue weighted by atomic mass is 10.1. The Morgan fingerprint density at radius 3 is 2.47 bits per heavy atom. The number of hydrogen-bond acceptors (Lipinski definition) is 4. The molecule has 0 aliphatic carbocycles. The van der Waals surface area contributed by atoms with Crippen LogP contribution in [0.2, 0.25) is 0 Å². The molecule has 19 heavy (non-hydrogen) atoms. The van der Waals surface area contributed by atoms with Gasteiger partial charge in [-0.05, 0) is 6.92 Å². The quantitative estimate of drug-likeness (QED) is 0.490. The number of benzene rings is 1. The molecule has 0 aliphatic rings. The molecule has 1 amide bonds. The van der Waals surface area contributed by atoms with Crippen LogP contribution in [-0.2, 0) is 0 Å². The third kappa shape index (κ3) is 2.99. The summed E-state index contributed by atoms with van der Waals surface area (Å²) in [5, 5.41) is 21.2. The van der Waals surface area contributed by atoms with Crippen molar-refractivity contribution in [3.8, 4) is 0 Å². The maximum Gasteiger partial charge on any atom is 0.308 e. The van der Waals surface area contributed by atoms with Gasteiger partial charge in [0.05, 0.1) is 17.1 Å². The maximum absolute atomic E-state index is 13.3. The molecule has 0 bridgehead atoms. The van der Waals surface area contributed by atoms with E-state index < -0.39 is 52.2 Å². The number of amides is 1. The number of halogens is 3. The van der Waals surface area contributed by atoms with Gasteiger partial charge in [-0.3, -0.25) is 14.9 Å². The van der Waals surface area contributed by atoms with Crippen molar-refractivity contribution >= 4 is 11.6 Å². The van der Waals surface area contributed by atoms with E-state index >= 15 is 0 Å². The standard InChI is InChI=1S/C10H9F3N2O4/c1-4(3-16)14-10(17)5-2-6(15(18)19)8(12)9(13)7(5)11/h2,4,16H,3H2,1H3,(H,14,17)/t4-/m0/s1. The molecule has 9 heteroatoms. The Kier molecular flexibility index (Phi) is 4.43. The molecule has 0 radical (unpaired) electrons. The lowest BCUT2D eigenvalue weighted by Gasteiger charge is -2.11. The zero-order valence-corrected chi connectivity index (χ0v) is 9.61. The summed E-state index contributed by atoms with van der Waals surface area (Å²) in [5.41, 5.74) is -2.35. The molecule has 0 aliphatic heterocycles. The molecule has 0 spiro atoms. The van der Waals surface area contributed by atoms with Crippen LogP contribution in [0.1, 0.15) is 17.3 Å². The molecule has 0 saturated heterocycles. The van der Waals surface area contributed by atoms with E-state index in [4.69, 9.17) is 5.11 Å². The van der Waals surface area contributed by atoms with E-state index in [1.165, 1.54) is 6.92 Å². The number of carbonyl (C=O) groups excluding carboxylic acids is 1. The number of nitro benzene ring substituents is 1. The van der Waals surface area contributed by atoms with Crippen molar-refractivity contribution in [3.63, 3.8) is 0 Å². The SMILES string of the molecule is C[C@@H](CO)NC(=O)c1cc([N+](=O)[O-])c(F)c(F)c1F. The van der Waals surface area contributed by atoms with Gasteiger partial charge in [-0.1, -0.05) is 0 Å². The molecule has 0 aromatic heterocycles. The molecular formula is C10H9F3N2O4. The number of nitro groups is 1. The van der Waals surface area contributed by atoms with Gasteiger partial charge in [0.15, 0.2) is 5.82 Å². The lowest BCUT2D eigenvalue weighted by molar-refractivity contribution is -0.387. The third-order valence-electron chi connectivity index (χ3n) is 2.22. The molecule has 104 valence electrons. The third-order valence-corrected chi connectivity index (χ3v) is 2.22. The average molecular weight is 278 g/mol. The number of carbonyl (C=O) groups is 1. The van der Waals surface area contributed by atoms with Gasteiger partial charge in [0.1, 0.15) is 0 Å². The predicted molar refractivity (Wildman–Crippen MR) is 57.0 cm³/mol. The van der Waals surface area contributed by atoms with E-state index in [9.17, 15) is 28.1 Å². The topological polar surface area (TPSA) is 92.5 Å². The van der Waals surface area contributed by atoms with Crippen LogP contribution in [0, 0.1) is 27.6 Å². The molecule has 1 aromatic rings. The molecule has 0 unspecified atom stereocenters. The Bertz CT molecular complexity index is 536. The minimum Gasteiger partial charge on any atom is -0.394 e. The highest BCUT2D eigenvalue weighted by atomic mass is 19.2. The van der Waals surface area contributed by atoms with E-state index in [0.717, 1.165) is 0 Å². The summed E-state index contributed by atoms with van der Waals surface area (Å²) in [6.07, 6.45) is 0. The highest BCUT2D eigenvalue weighted by Gasteiger charge is 2.28. The molecule has 1 rings (SSSR count). The van der Waals surface area contributed by atoms with Gasteiger partial charge in [-0.15, -0.1) is 0 Å². The molecule has 0 heterocycles. The van der Waals surface area contributed by atoms with Crippen molar-refractivity contribution in [1.82, 2.24) is 5.32 Å². The van der Waals surface area contributed by atoms with Crippen molar-refractivity contribution in [3.05, 3.63) is 39.2 Å². The number of rotatable bonds is 4. The number of aliphatic hydroxyl groups excluding tert-OH is 1. The van der Waals surface area contributed by atoms with Crippen LogP contribution >= 0.6 is 0 Å². The van der Waals surface area contributed by atoms with Gasteiger partial charge in [-0.2, -0.15) is 4.39 Å². The zero-order chi connectivity index (χ0) is 14.7. The van der Waals surface area contributed by atoms with E-state index in [0.29, 0.717) is 6.07 Å². The van der Waals surface area contributed by atoms with E-state index in [2.05, 4.69) is 5.32 Å². The summed E-state index contributed by atoms with van der Waals surface area (Å²) in [4.78, 5) is 20.7. The normalized spacial score (nSPS) is 12.1. The summed E-state index contributed by atoms with van der Waals surface area (Å²) in [6.45, 7) is 0.892. The van der Waals surface area contributed by atoms with Gasteiger partial charge in [0, 0.05) is 12.1 Å². The molecule has 6 nitrogen and oxygen atoms in total. The fourth-order valence-electron chi connectivity index (χ4n) is 1.24. The first kappa shape index (κ1) is 14.9. The zero-order valence-electron chi connectivity index (χ0n) is 9.61. The Hall–Kier alpha value is -2.16. The van der Waals surface area contributed by atoms with Crippen LogP contribution in [0.3, 0.4) is 0 Å². The number of nitrogens with zero attached hydrogens (tertiary/aromatic N) is 1. The van der Waals surface area contributed by atoms with Gasteiger partial charge in [-0.25, -0.2) is 8.78 Å². The Balaban J connectivity index is 3.28. The second-order valence-corrected chi connectivity index (χ2v) is 3.70. The molecule has 0 saturated carbocycles. The summed E-state index contributed by atoms with van der Waals surface area (Å²) >= 11 is 0. The fraction of sp³-hybridized carbons (Fsp3) is 0.300. The van der Waals surface area contributed by atoms with E-state index in [-0.39, 0.29) is 0 Å². The molecular weight excluding hydrogens is 269 g/mol. The second kappa shape index (κ2) is 5.65. The lowest BCUT2D eigenvalue weighted by Crippen LogP contribution is -2.35. The Morgan fingerprint density at radius 1 is 1.42 bits per heavy atom. The van der Waals surface area contributed by atoms with Gasteiger partial charge >= 0.3 is 5.69 Å². The smallest absolute Gasteiger partial charge is 0.308 e. The first-order chi connectivity index (χ1) is 8.79. The van der Waals surface area contributed by atoms with Crippen molar-refractivity contribution < 1.29 is 28.0 Å². The largest absolute Gasteiger partial charge is 0.394 e. The molecule has 2 N–H and O–H groups in total. The highest BCUT2D eigenvalue weighted by Crippen LogP contribution is 2.25. The molecule has 1 atom stereocenters. The van der Waals surface area contributed by atoms with Crippen molar-refractivity contribution in [2.45, 2.75) is 13.0 Å².